The molecule has 0 radical (unpaired) electrons. The van der Waals surface area contributed by atoms with Crippen LogP contribution in [0.5, 0.6) is 5.75 Å². The SMILES string of the molecule is C[C@@H]1CCOCCN1C(=O)c1cc(F)c(O)c(F)c1. The van der Waals surface area contributed by atoms with Gasteiger partial charge in [-0.1, -0.05) is 0 Å². The van der Waals surface area contributed by atoms with Crippen LogP contribution in [-0.2, 0) is 4.74 Å². The van der Waals surface area contributed by atoms with Gasteiger partial charge in [0.15, 0.2) is 17.4 Å². The quantitative estimate of drug-likeness (QED) is 0.849. The van der Waals surface area contributed by atoms with Gasteiger partial charge in [-0.05, 0) is 25.5 Å². The summed E-state index contributed by atoms with van der Waals surface area (Å²) in [6.07, 6.45) is 0.675. The zero-order chi connectivity index (χ0) is 14.0. The van der Waals surface area contributed by atoms with Crippen molar-refractivity contribution in [3.8, 4) is 5.75 Å². The number of hydrogen-bond acceptors (Lipinski definition) is 3. The Morgan fingerprint density at radius 3 is 2.63 bits per heavy atom. The monoisotopic (exact) mass is 271 g/mol. The molecule has 1 atom stereocenters. The first-order chi connectivity index (χ1) is 9.00. The fourth-order valence-electron chi connectivity index (χ4n) is 2.05. The van der Waals surface area contributed by atoms with Crippen LogP contribution in [0.1, 0.15) is 23.7 Å². The predicted molar refractivity (Wildman–Crippen MR) is 64.0 cm³/mol. The second-order valence-corrected chi connectivity index (χ2v) is 4.54. The van der Waals surface area contributed by atoms with Crippen molar-refractivity contribution in [3.63, 3.8) is 0 Å². The number of amides is 1. The van der Waals surface area contributed by atoms with Gasteiger partial charge in [-0.15, -0.1) is 0 Å². The first-order valence-electron chi connectivity index (χ1n) is 6.07. The zero-order valence-electron chi connectivity index (χ0n) is 10.5. The number of carbonyl (C=O) groups excluding carboxylic acids is 1. The minimum absolute atomic E-state index is 0.0603. The smallest absolute Gasteiger partial charge is 0.254 e. The van der Waals surface area contributed by atoms with Crippen LogP contribution < -0.4 is 0 Å². The van der Waals surface area contributed by atoms with E-state index < -0.39 is 23.3 Å². The van der Waals surface area contributed by atoms with Gasteiger partial charge in [-0.2, -0.15) is 0 Å². The number of ether oxygens (including phenoxy) is 1. The molecule has 1 aliphatic rings. The Hall–Kier alpha value is -1.69. The van der Waals surface area contributed by atoms with Crippen molar-refractivity contribution in [3.05, 3.63) is 29.3 Å². The molecule has 0 saturated carbocycles. The molecule has 0 aromatic heterocycles. The normalized spacial score (nSPS) is 20.2. The molecule has 0 unspecified atom stereocenters. The largest absolute Gasteiger partial charge is 0.503 e. The van der Waals surface area contributed by atoms with E-state index in [9.17, 15) is 13.6 Å². The second kappa shape index (κ2) is 5.52. The van der Waals surface area contributed by atoms with E-state index in [1.165, 1.54) is 4.90 Å². The van der Waals surface area contributed by atoms with Crippen molar-refractivity contribution < 1.29 is 23.4 Å². The van der Waals surface area contributed by atoms with Crippen LogP contribution in [0, 0.1) is 11.6 Å². The molecular weight excluding hydrogens is 256 g/mol. The lowest BCUT2D eigenvalue weighted by atomic mass is 10.1. The highest BCUT2D eigenvalue weighted by Gasteiger charge is 2.25. The van der Waals surface area contributed by atoms with Crippen LogP contribution in [0.4, 0.5) is 8.78 Å². The second-order valence-electron chi connectivity index (χ2n) is 4.54. The van der Waals surface area contributed by atoms with E-state index in [4.69, 9.17) is 9.84 Å². The average molecular weight is 271 g/mol. The van der Waals surface area contributed by atoms with Gasteiger partial charge in [0.05, 0.1) is 6.61 Å². The Morgan fingerprint density at radius 1 is 1.37 bits per heavy atom. The third-order valence-electron chi connectivity index (χ3n) is 3.21. The molecule has 0 aliphatic carbocycles. The Balaban J connectivity index is 2.27. The number of carbonyl (C=O) groups is 1. The zero-order valence-corrected chi connectivity index (χ0v) is 10.5. The van der Waals surface area contributed by atoms with Crippen LogP contribution in [-0.4, -0.2) is 41.7 Å². The van der Waals surface area contributed by atoms with E-state index in [-0.39, 0.29) is 11.6 Å². The summed E-state index contributed by atoms with van der Waals surface area (Å²) in [5, 5.41) is 9.02. The van der Waals surface area contributed by atoms with E-state index in [1.54, 1.807) is 0 Å². The summed E-state index contributed by atoms with van der Waals surface area (Å²) in [7, 11) is 0. The van der Waals surface area contributed by atoms with Crippen LogP contribution in [0.3, 0.4) is 0 Å². The summed E-state index contributed by atoms with van der Waals surface area (Å²) in [6.45, 7) is 3.20. The molecule has 104 valence electrons. The number of phenolic OH excluding ortho intramolecular Hbond substituents is 1. The molecule has 1 saturated heterocycles. The van der Waals surface area contributed by atoms with E-state index in [0.717, 1.165) is 12.1 Å². The third-order valence-corrected chi connectivity index (χ3v) is 3.21. The maximum absolute atomic E-state index is 13.3. The summed E-state index contributed by atoms with van der Waals surface area (Å²) in [4.78, 5) is 13.8. The van der Waals surface area contributed by atoms with Gasteiger partial charge in [0, 0.05) is 24.8 Å². The molecule has 1 aromatic rings. The first-order valence-corrected chi connectivity index (χ1v) is 6.07. The molecule has 0 bridgehead atoms. The van der Waals surface area contributed by atoms with Gasteiger partial charge in [0.25, 0.3) is 5.91 Å². The molecule has 1 fully saturated rings. The Labute approximate surface area is 109 Å². The standard InChI is InChI=1S/C13H15F2NO3/c1-8-2-4-19-5-3-16(8)13(18)9-6-10(14)12(17)11(15)7-9/h6-8,17H,2-5H2,1H3/t8-/m1/s1. The highest BCUT2D eigenvalue weighted by Crippen LogP contribution is 2.23. The summed E-state index contributed by atoms with van der Waals surface area (Å²) in [5.41, 5.74) is -0.110. The van der Waals surface area contributed by atoms with E-state index >= 15 is 0 Å². The molecule has 1 amide bonds. The summed E-state index contributed by atoms with van der Waals surface area (Å²) in [5.74, 6) is -3.80. The van der Waals surface area contributed by atoms with Crippen molar-refractivity contribution >= 4 is 5.91 Å². The molecule has 1 N–H and O–H groups in total. The van der Waals surface area contributed by atoms with E-state index in [2.05, 4.69) is 0 Å². The fourth-order valence-corrected chi connectivity index (χ4v) is 2.05. The van der Waals surface area contributed by atoms with Crippen LogP contribution in [0.15, 0.2) is 12.1 Å². The number of hydrogen-bond donors (Lipinski definition) is 1. The van der Waals surface area contributed by atoms with Gasteiger partial charge >= 0.3 is 0 Å². The fraction of sp³-hybridized carbons (Fsp3) is 0.462. The molecule has 1 heterocycles. The lowest BCUT2D eigenvalue weighted by molar-refractivity contribution is 0.0686. The van der Waals surface area contributed by atoms with Gasteiger partial charge in [0.1, 0.15) is 0 Å². The molecule has 1 aromatic carbocycles. The lowest BCUT2D eigenvalue weighted by Gasteiger charge is -2.26. The molecule has 0 spiro atoms. The van der Waals surface area contributed by atoms with Gasteiger partial charge in [-0.25, -0.2) is 8.78 Å². The number of rotatable bonds is 1. The molecule has 19 heavy (non-hydrogen) atoms. The third kappa shape index (κ3) is 2.84. The van der Waals surface area contributed by atoms with Gasteiger partial charge < -0.3 is 14.7 Å². The number of benzene rings is 1. The van der Waals surface area contributed by atoms with Gasteiger partial charge in [0.2, 0.25) is 0 Å². The summed E-state index contributed by atoms with van der Waals surface area (Å²) < 4.78 is 31.8. The Bertz CT molecular complexity index is 470. The highest BCUT2D eigenvalue weighted by molar-refractivity contribution is 5.94. The van der Waals surface area contributed by atoms with Crippen molar-refractivity contribution in [2.75, 3.05) is 19.8 Å². The topological polar surface area (TPSA) is 49.8 Å². The Morgan fingerprint density at radius 2 is 2.00 bits per heavy atom. The molecule has 6 heteroatoms. The molecule has 4 nitrogen and oxygen atoms in total. The van der Waals surface area contributed by atoms with E-state index in [0.29, 0.717) is 26.2 Å². The minimum atomic E-state index is -1.14. The first kappa shape index (κ1) is 13.7. The highest BCUT2D eigenvalue weighted by atomic mass is 19.1. The van der Waals surface area contributed by atoms with Crippen LogP contribution in [0.2, 0.25) is 0 Å². The number of aromatic hydroxyl groups is 1. The molecule has 2 rings (SSSR count). The summed E-state index contributed by atoms with van der Waals surface area (Å²) >= 11 is 0. The predicted octanol–water partition coefficient (Wildman–Crippen LogP) is 1.92. The van der Waals surface area contributed by atoms with Crippen molar-refractivity contribution in [2.24, 2.45) is 0 Å². The van der Waals surface area contributed by atoms with Crippen molar-refractivity contribution in [1.82, 2.24) is 4.90 Å². The lowest BCUT2D eigenvalue weighted by Crippen LogP contribution is -2.39. The van der Waals surface area contributed by atoms with Crippen LogP contribution in [0.25, 0.3) is 0 Å². The number of phenols is 1. The van der Waals surface area contributed by atoms with Gasteiger partial charge in [-0.3, -0.25) is 4.79 Å². The molecule has 1 aliphatic heterocycles. The molecular formula is C13H15F2NO3. The van der Waals surface area contributed by atoms with Crippen molar-refractivity contribution in [1.29, 1.82) is 0 Å². The maximum Gasteiger partial charge on any atom is 0.254 e. The maximum atomic E-state index is 13.3. The number of nitrogens with zero attached hydrogens (tertiary/aromatic N) is 1. The Kier molecular flexibility index (Phi) is 3.99. The van der Waals surface area contributed by atoms with Crippen LogP contribution >= 0.6 is 0 Å². The number of halogens is 2. The van der Waals surface area contributed by atoms with Crippen molar-refractivity contribution in [2.45, 2.75) is 19.4 Å². The average Bonchev–Trinajstić information content (AvgIpc) is 2.59. The van der Waals surface area contributed by atoms with E-state index in [1.807, 2.05) is 6.92 Å². The minimum Gasteiger partial charge on any atom is -0.503 e. The summed E-state index contributed by atoms with van der Waals surface area (Å²) in [6, 6.07) is 1.63.